The fraction of sp³-hybridized carbons (Fsp3) is 0.385. The van der Waals surface area contributed by atoms with Gasteiger partial charge in [0.15, 0.2) is 5.82 Å². The highest BCUT2D eigenvalue weighted by atomic mass is 127. The second-order valence-electron chi connectivity index (χ2n) is 4.55. The van der Waals surface area contributed by atoms with Gasteiger partial charge in [-0.05, 0) is 40.8 Å². The third-order valence-electron chi connectivity index (χ3n) is 3.11. The lowest BCUT2D eigenvalue weighted by Gasteiger charge is -2.25. The SMILES string of the molecule is Ic1cccc(-c2nc(CN3CCNCC3)no2)c1. The maximum atomic E-state index is 5.34. The van der Waals surface area contributed by atoms with Crippen molar-refractivity contribution in [2.24, 2.45) is 0 Å². The van der Waals surface area contributed by atoms with Crippen LogP contribution in [0.3, 0.4) is 0 Å². The van der Waals surface area contributed by atoms with E-state index in [1.807, 2.05) is 24.3 Å². The molecule has 2 aromatic rings. The summed E-state index contributed by atoms with van der Waals surface area (Å²) in [6, 6.07) is 8.08. The lowest BCUT2D eigenvalue weighted by atomic mass is 10.2. The normalized spacial score (nSPS) is 16.7. The van der Waals surface area contributed by atoms with Crippen LogP contribution in [0.15, 0.2) is 28.8 Å². The van der Waals surface area contributed by atoms with E-state index in [-0.39, 0.29) is 0 Å². The minimum absolute atomic E-state index is 0.601. The molecule has 1 N–H and O–H groups in total. The Morgan fingerprint density at radius 1 is 1.32 bits per heavy atom. The molecule has 2 heterocycles. The summed E-state index contributed by atoms with van der Waals surface area (Å²) >= 11 is 2.28. The van der Waals surface area contributed by atoms with Crippen molar-refractivity contribution in [3.8, 4) is 11.5 Å². The van der Waals surface area contributed by atoms with Crippen LogP contribution >= 0.6 is 22.6 Å². The number of benzene rings is 1. The van der Waals surface area contributed by atoms with Crippen molar-refractivity contribution in [1.82, 2.24) is 20.4 Å². The Morgan fingerprint density at radius 2 is 2.16 bits per heavy atom. The van der Waals surface area contributed by atoms with Crippen LogP contribution in [0.25, 0.3) is 11.5 Å². The van der Waals surface area contributed by atoms with E-state index in [2.05, 4.69) is 42.9 Å². The molecule has 1 aliphatic heterocycles. The molecule has 1 saturated heterocycles. The Bertz CT molecular complexity index is 551. The summed E-state index contributed by atoms with van der Waals surface area (Å²) in [6.45, 7) is 4.89. The van der Waals surface area contributed by atoms with Gasteiger partial charge < -0.3 is 9.84 Å². The number of halogens is 1. The fourth-order valence-electron chi connectivity index (χ4n) is 2.13. The number of rotatable bonds is 3. The largest absolute Gasteiger partial charge is 0.334 e. The summed E-state index contributed by atoms with van der Waals surface area (Å²) in [5, 5.41) is 7.40. The average molecular weight is 370 g/mol. The van der Waals surface area contributed by atoms with Gasteiger partial charge in [0.25, 0.3) is 5.89 Å². The molecule has 0 saturated carbocycles. The zero-order chi connectivity index (χ0) is 13.1. The van der Waals surface area contributed by atoms with E-state index in [1.54, 1.807) is 0 Å². The van der Waals surface area contributed by atoms with E-state index in [1.165, 1.54) is 0 Å². The summed E-state index contributed by atoms with van der Waals surface area (Å²) in [5.74, 6) is 1.36. The standard InChI is InChI=1S/C13H15IN4O/c14-11-3-1-2-10(8-11)13-16-12(17-19-13)9-18-6-4-15-5-7-18/h1-3,8,15H,4-7,9H2. The van der Waals surface area contributed by atoms with Crippen molar-refractivity contribution in [3.05, 3.63) is 33.7 Å². The monoisotopic (exact) mass is 370 g/mol. The number of piperazine rings is 1. The maximum Gasteiger partial charge on any atom is 0.258 e. The van der Waals surface area contributed by atoms with Crippen molar-refractivity contribution in [1.29, 1.82) is 0 Å². The third-order valence-corrected chi connectivity index (χ3v) is 3.79. The van der Waals surface area contributed by atoms with Crippen LogP contribution in [-0.4, -0.2) is 41.2 Å². The molecule has 100 valence electrons. The van der Waals surface area contributed by atoms with Crippen LogP contribution in [-0.2, 0) is 6.54 Å². The van der Waals surface area contributed by atoms with Crippen LogP contribution < -0.4 is 5.32 Å². The Hall–Kier alpha value is -0.990. The smallest absolute Gasteiger partial charge is 0.258 e. The van der Waals surface area contributed by atoms with Gasteiger partial charge in [0.05, 0.1) is 6.54 Å². The van der Waals surface area contributed by atoms with E-state index in [0.29, 0.717) is 5.89 Å². The highest BCUT2D eigenvalue weighted by Gasteiger charge is 2.14. The minimum atomic E-state index is 0.601. The molecule has 6 heteroatoms. The molecule has 3 rings (SSSR count). The lowest BCUT2D eigenvalue weighted by Crippen LogP contribution is -2.43. The van der Waals surface area contributed by atoms with Gasteiger partial charge >= 0.3 is 0 Å². The minimum Gasteiger partial charge on any atom is -0.334 e. The van der Waals surface area contributed by atoms with Gasteiger partial charge in [-0.25, -0.2) is 0 Å². The Labute approximate surface area is 125 Å². The van der Waals surface area contributed by atoms with Gasteiger partial charge in [-0.15, -0.1) is 0 Å². The van der Waals surface area contributed by atoms with Gasteiger partial charge in [-0.2, -0.15) is 4.98 Å². The topological polar surface area (TPSA) is 54.2 Å². The molecule has 0 bridgehead atoms. The first kappa shape index (κ1) is 13.0. The van der Waals surface area contributed by atoms with Gasteiger partial charge in [-0.3, -0.25) is 4.90 Å². The van der Waals surface area contributed by atoms with Crippen LogP contribution in [0.1, 0.15) is 5.82 Å². The predicted molar refractivity (Wildman–Crippen MR) is 80.6 cm³/mol. The Balaban J connectivity index is 1.72. The molecule has 1 fully saturated rings. The first-order chi connectivity index (χ1) is 9.31. The molecule has 1 aromatic carbocycles. The molecule has 0 atom stereocenters. The summed E-state index contributed by atoms with van der Waals surface area (Å²) in [4.78, 5) is 6.81. The molecular formula is C13H15IN4O. The van der Waals surface area contributed by atoms with Gasteiger partial charge in [0, 0.05) is 35.3 Å². The van der Waals surface area contributed by atoms with Crippen molar-refractivity contribution >= 4 is 22.6 Å². The first-order valence-electron chi connectivity index (χ1n) is 6.33. The van der Waals surface area contributed by atoms with Gasteiger partial charge in [-0.1, -0.05) is 11.2 Å². The van der Waals surface area contributed by atoms with Crippen LogP contribution in [0.5, 0.6) is 0 Å². The fourth-order valence-corrected chi connectivity index (χ4v) is 2.67. The number of hydrogen-bond acceptors (Lipinski definition) is 5. The molecule has 0 spiro atoms. The summed E-state index contributed by atoms with van der Waals surface area (Å²) in [5.41, 5.74) is 0.978. The van der Waals surface area contributed by atoms with E-state index in [9.17, 15) is 0 Å². The van der Waals surface area contributed by atoms with E-state index in [4.69, 9.17) is 4.52 Å². The van der Waals surface area contributed by atoms with E-state index >= 15 is 0 Å². The summed E-state index contributed by atoms with van der Waals surface area (Å²) in [7, 11) is 0. The molecule has 1 aromatic heterocycles. The first-order valence-corrected chi connectivity index (χ1v) is 7.41. The Kier molecular flexibility index (Phi) is 4.09. The molecule has 1 aliphatic rings. The van der Waals surface area contributed by atoms with Crippen LogP contribution in [0.2, 0.25) is 0 Å². The molecular weight excluding hydrogens is 355 g/mol. The molecule has 0 unspecified atom stereocenters. The van der Waals surface area contributed by atoms with Crippen molar-refractivity contribution < 1.29 is 4.52 Å². The zero-order valence-electron chi connectivity index (χ0n) is 10.5. The molecule has 19 heavy (non-hydrogen) atoms. The third kappa shape index (κ3) is 3.31. The zero-order valence-corrected chi connectivity index (χ0v) is 12.6. The van der Waals surface area contributed by atoms with Crippen LogP contribution in [0.4, 0.5) is 0 Å². The highest BCUT2D eigenvalue weighted by Crippen LogP contribution is 2.19. The van der Waals surface area contributed by atoms with Crippen molar-refractivity contribution in [2.45, 2.75) is 6.54 Å². The average Bonchev–Trinajstić information content (AvgIpc) is 2.88. The van der Waals surface area contributed by atoms with E-state index in [0.717, 1.165) is 47.7 Å². The lowest BCUT2D eigenvalue weighted by molar-refractivity contribution is 0.225. The number of aromatic nitrogens is 2. The molecule has 0 amide bonds. The van der Waals surface area contributed by atoms with Gasteiger partial charge in [0.2, 0.25) is 0 Å². The molecule has 0 aliphatic carbocycles. The highest BCUT2D eigenvalue weighted by molar-refractivity contribution is 14.1. The molecule has 0 radical (unpaired) electrons. The maximum absolute atomic E-state index is 5.34. The van der Waals surface area contributed by atoms with E-state index < -0.39 is 0 Å². The second-order valence-corrected chi connectivity index (χ2v) is 5.80. The van der Waals surface area contributed by atoms with Crippen molar-refractivity contribution in [3.63, 3.8) is 0 Å². The predicted octanol–water partition coefficient (Wildman–Crippen LogP) is 1.75. The quantitative estimate of drug-likeness (QED) is 0.835. The van der Waals surface area contributed by atoms with Gasteiger partial charge in [0.1, 0.15) is 0 Å². The summed E-state index contributed by atoms with van der Waals surface area (Å²) in [6.07, 6.45) is 0. The molecule has 5 nitrogen and oxygen atoms in total. The number of nitrogens with zero attached hydrogens (tertiary/aromatic N) is 3. The number of nitrogens with one attached hydrogen (secondary N) is 1. The second kappa shape index (κ2) is 5.98. The Morgan fingerprint density at radius 3 is 2.95 bits per heavy atom. The number of hydrogen-bond donors (Lipinski definition) is 1. The van der Waals surface area contributed by atoms with Crippen molar-refractivity contribution in [2.75, 3.05) is 26.2 Å². The summed E-state index contributed by atoms with van der Waals surface area (Å²) < 4.78 is 6.50. The van der Waals surface area contributed by atoms with Crippen LogP contribution in [0, 0.1) is 3.57 Å².